The molecule has 22 heavy (non-hydrogen) atoms. The second-order valence-electron chi connectivity index (χ2n) is 5.54. The summed E-state index contributed by atoms with van der Waals surface area (Å²) in [6.07, 6.45) is 2.14. The molecule has 0 radical (unpaired) electrons. The van der Waals surface area contributed by atoms with Crippen molar-refractivity contribution in [2.75, 3.05) is 25.1 Å². The minimum absolute atomic E-state index is 0.0118. The number of aromatic nitrogens is 2. The van der Waals surface area contributed by atoms with Gasteiger partial charge in [0.15, 0.2) is 11.6 Å². The maximum Gasteiger partial charge on any atom is 0.167 e. The molecule has 3 heterocycles. The third kappa shape index (κ3) is 3.08. The first-order valence-electron chi connectivity index (χ1n) is 7.08. The van der Waals surface area contributed by atoms with Gasteiger partial charge in [0.2, 0.25) is 0 Å². The van der Waals surface area contributed by atoms with Crippen molar-refractivity contribution in [1.82, 2.24) is 10.1 Å². The average molecular weight is 326 g/mol. The molecule has 2 atom stereocenters. The summed E-state index contributed by atoms with van der Waals surface area (Å²) in [6, 6.07) is 3.19. The number of aryl methyl sites for hydroxylation is 1. The van der Waals surface area contributed by atoms with Crippen LogP contribution >= 0.6 is 11.6 Å². The second kappa shape index (κ2) is 6.22. The summed E-state index contributed by atoms with van der Waals surface area (Å²) < 4.78 is 24.8. The Bertz CT molecular complexity index is 664. The lowest BCUT2D eigenvalue weighted by Gasteiger charge is -2.17. The number of halogens is 2. The van der Waals surface area contributed by atoms with E-state index >= 15 is 0 Å². The molecule has 0 aliphatic carbocycles. The lowest BCUT2D eigenvalue weighted by Crippen LogP contribution is -2.24. The Hall–Kier alpha value is -1.66. The summed E-state index contributed by atoms with van der Waals surface area (Å²) in [5.41, 5.74) is 0.851. The molecule has 118 valence electrons. The molecule has 0 spiro atoms. The van der Waals surface area contributed by atoms with Gasteiger partial charge in [0.1, 0.15) is 5.76 Å². The Kier molecular flexibility index (Phi) is 4.31. The Morgan fingerprint density at radius 2 is 2.27 bits per heavy atom. The highest BCUT2D eigenvalue weighted by Crippen LogP contribution is 2.29. The van der Waals surface area contributed by atoms with Gasteiger partial charge in [-0.2, -0.15) is 0 Å². The molecule has 0 bridgehead atoms. The normalized spacial score (nSPS) is 21.5. The summed E-state index contributed by atoms with van der Waals surface area (Å²) in [5, 5.41) is 4.18. The molecule has 0 saturated carbocycles. The van der Waals surface area contributed by atoms with E-state index in [-0.39, 0.29) is 17.0 Å². The first-order valence-corrected chi connectivity index (χ1v) is 7.45. The van der Waals surface area contributed by atoms with E-state index in [2.05, 4.69) is 10.1 Å². The summed E-state index contributed by atoms with van der Waals surface area (Å²) in [6.45, 7) is 3.11. The van der Waals surface area contributed by atoms with E-state index in [0.29, 0.717) is 25.3 Å². The zero-order chi connectivity index (χ0) is 15.7. The molecular formula is C15H17ClFN3O2. The van der Waals surface area contributed by atoms with Gasteiger partial charge in [-0.3, -0.25) is 0 Å². The highest BCUT2D eigenvalue weighted by molar-refractivity contribution is 6.30. The summed E-state index contributed by atoms with van der Waals surface area (Å²) in [5.74, 6) is 0.895. The number of ether oxygens (including phenoxy) is 1. The third-order valence-electron chi connectivity index (χ3n) is 3.91. The Morgan fingerprint density at radius 3 is 2.91 bits per heavy atom. The van der Waals surface area contributed by atoms with E-state index in [1.54, 1.807) is 7.11 Å². The van der Waals surface area contributed by atoms with Gasteiger partial charge < -0.3 is 14.2 Å². The molecule has 7 heteroatoms. The predicted octanol–water partition coefficient (Wildman–Crippen LogP) is 2.86. The number of hydrogen-bond donors (Lipinski definition) is 0. The predicted molar refractivity (Wildman–Crippen MR) is 80.6 cm³/mol. The summed E-state index contributed by atoms with van der Waals surface area (Å²) in [4.78, 5) is 5.98. The highest BCUT2D eigenvalue weighted by Gasteiger charge is 2.35. The van der Waals surface area contributed by atoms with Crippen LogP contribution in [0.3, 0.4) is 0 Å². The van der Waals surface area contributed by atoms with Crippen LogP contribution in [0.4, 0.5) is 10.2 Å². The second-order valence-corrected chi connectivity index (χ2v) is 5.97. The molecule has 2 aromatic heterocycles. The fraction of sp³-hybridized carbons (Fsp3) is 0.467. The van der Waals surface area contributed by atoms with Crippen LogP contribution in [0.2, 0.25) is 5.02 Å². The smallest absolute Gasteiger partial charge is 0.167 e. The minimum Gasteiger partial charge on any atom is -0.379 e. The molecule has 1 saturated heterocycles. The average Bonchev–Trinajstić information content (AvgIpc) is 3.05. The van der Waals surface area contributed by atoms with Crippen molar-refractivity contribution < 1.29 is 13.7 Å². The summed E-state index contributed by atoms with van der Waals surface area (Å²) in [7, 11) is 1.67. The molecule has 0 amide bonds. The standard InChI is InChI=1S/C15H17ClFN3O2/c1-9-3-12(22-19-9)4-10-7-20(8-14(10)21-2)15-13(17)5-11(16)6-18-15/h3,5-6,10,14H,4,7-8H2,1-2H3/t10-,14+/m1/s1. The van der Waals surface area contributed by atoms with Gasteiger partial charge in [0.25, 0.3) is 0 Å². The SMILES string of the molecule is CO[C@H]1CN(c2ncc(Cl)cc2F)C[C@H]1Cc1cc(C)no1. The lowest BCUT2D eigenvalue weighted by molar-refractivity contribution is 0.0812. The molecule has 1 fully saturated rings. The van der Waals surface area contributed by atoms with Crippen molar-refractivity contribution in [1.29, 1.82) is 0 Å². The zero-order valence-corrected chi connectivity index (χ0v) is 13.2. The number of anilines is 1. The third-order valence-corrected chi connectivity index (χ3v) is 4.12. The van der Waals surface area contributed by atoms with Crippen molar-refractivity contribution in [3.8, 4) is 0 Å². The molecule has 1 aliphatic heterocycles. The molecule has 5 nitrogen and oxygen atoms in total. The van der Waals surface area contributed by atoms with E-state index < -0.39 is 5.82 Å². The van der Waals surface area contributed by atoms with Gasteiger partial charge in [0.05, 0.1) is 16.8 Å². The van der Waals surface area contributed by atoms with E-state index in [1.165, 1.54) is 12.3 Å². The zero-order valence-electron chi connectivity index (χ0n) is 12.4. The van der Waals surface area contributed by atoms with E-state index in [4.69, 9.17) is 20.9 Å². The first-order chi connectivity index (χ1) is 10.6. The maximum atomic E-state index is 14.0. The van der Waals surface area contributed by atoms with Crippen LogP contribution in [0.25, 0.3) is 0 Å². The van der Waals surface area contributed by atoms with Crippen molar-refractivity contribution >= 4 is 17.4 Å². The molecular weight excluding hydrogens is 309 g/mol. The Morgan fingerprint density at radius 1 is 1.45 bits per heavy atom. The van der Waals surface area contributed by atoms with Crippen LogP contribution in [0, 0.1) is 18.7 Å². The fourth-order valence-corrected chi connectivity index (χ4v) is 3.03. The Balaban J connectivity index is 1.76. The van der Waals surface area contributed by atoms with Gasteiger partial charge in [-0.05, 0) is 13.0 Å². The molecule has 1 aliphatic rings. The number of nitrogens with zero attached hydrogens (tertiary/aromatic N) is 3. The largest absolute Gasteiger partial charge is 0.379 e. The van der Waals surface area contributed by atoms with Crippen molar-refractivity contribution in [2.24, 2.45) is 5.92 Å². The van der Waals surface area contributed by atoms with Crippen LogP contribution in [0.5, 0.6) is 0 Å². The van der Waals surface area contributed by atoms with Gasteiger partial charge in [-0.15, -0.1) is 0 Å². The number of pyridine rings is 1. The molecule has 0 unspecified atom stereocenters. The quantitative estimate of drug-likeness (QED) is 0.865. The van der Waals surface area contributed by atoms with Crippen LogP contribution in [-0.4, -0.2) is 36.4 Å². The number of methoxy groups -OCH3 is 1. The van der Waals surface area contributed by atoms with E-state index in [1.807, 2.05) is 17.9 Å². The van der Waals surface area contributed by atoms with Gasteiger partial charge in [0, 0.05) is 44.8 Å². The van der Waals surface area contributed by atoms with Crippen LogP contribution in [0.15, 0.2) is 22.9 Å². The van der Waals surface area contributed by atoms with E-state index in [0.717, 1.165) is 11.5 Å². The first kappa shape index (κ1) is 15.2. The molecule has 0 N–H and O–H groups in total. The Labute approximate surface area is 133 Å². The van der Waals surface area contributed by atoms with Gasteiger partial charge in [-0.25, -0.2) is 9.37 Å². The van der Waals surface area contributed by atoms with Crippen LogP contribution < -0.4 is 4.90 Å². The van der Waals surface area contributed by atoms with Gasteiger partial charge in [-0.1, -0.05) is 16.8 Å². The van der Waals surface area contributed by atoms with Crippen molar-refractivity contribution in [3.05, 3.63) is 40.6 Å². The highest BCUT2D eigenvalue weighted by atomic mass is 35.5. The molecule has 2 aromatic rings. The van der Waals surface area contributed by atoms with E-state index in [9.17, 15) is 4.39 Å². The monoisotopic (exact) mass is 325 g/mol. The van der Waals surface area contributed by atoms with Crippen molar-refractivity contribution in [3.63, 3.8) is 0 Å². The minimum atomic E-state index is -0.418. The molecule has 3 rings (SSSR count). The van der Waals surface area contributed by atoms with Crippen LogP contribution in [0.1, 0.15) is 11.5 Å². The fourth-order valence-electron chi connectivity index (χ4n) is 2.89. The number of rotatable bonds is 4. The lowest BCUT2D eigenvalue weighted by atomic mass is 10.0. The molecule has 0 aromatic carbocycles. The number of hydrogen-bond acceptors (Lipinski definition) is 5. The van der Waals surface area contributed by atoms with Crippen molar-refractivity contribution in [2.45, 2.75) is 19.4 Å². The van der Waals surface area contributed by atoms with Gasteiger partial charge >= 0.3 is 0 Å². The van der Waals surface area contributed by atoms with Crippen LogP contribution in [-0.2, 0) is 11.2 Å². The maximum absolute atomic E-state index is 14.0. The summed E-state index contributed by atoms with van der Waals surface area (Å²) >= 11 is 5.75. The topological polar surface area (TPSA) is 51.4 Å².